The summed E-state index contributed by atoms with van der Waals surface area (Å²) < 4.78 is 5.25. The van der Waals surface area contributed by atoms with Crippen LogP contribution in [0.15, 0.2) is 59.9 Å². The Bertz CT molecular complexity index is 900. The number of carbonyl (C=O) groups excluding carboxylic acids is 2. The van der Waals surface area contributed by atoms with Gasteiger partial charge in [0, 0.05) is 18.2 Å². The maximum Gasteiger partial charge on any atom is 0.294 e. The number of ketones is 1. The third-order valence-corrected chi connectivity index (χ3v) is 4.52. The second-order valence-corrected chi connectivity index (χ2v) is 6.23. The highest BCUT2D eigenvalue weighted by Gasteiger charge is 2.43. The van der Waals surface area contributed by atoms with E-state index in [1.54, 1.807) is 38.3 Å². The van der Waals surface area contributed by atoms with Crippen LogP contribution in [-0.2, 0) is 9.59 Å². The van der Waals surface area contributed by atoms with Gasteiger partial charge in [0.25, 0.3) is 5.91 Å². The predicted octanol–water partition coefficient (Wildman–Crippen LogP) is 3.88. The molecule has 0 bridgehead atoms. The number of aliphatic hydroxyl groups excluding tert-OH is 1. The third kappa shape index (κ3) is 2.96. The Morgan fingerprint density at radius 1 is 1.19 bits per heavy atom. The SMILES string of the molecule is CCC(=O)C1=C(O)C(=O)N(c2cccc(OC)c2)C1c1cccc(C)c1. The highest BCUT2D eigenvalue weighted by molar-refractivity contribution is 6.16. The zero-order valence-electron chi connectivity index (χ0n) is 15.0. The van der Waals surface area contributed by atoms with Crippen molar-refractivity contribution >= 4 is 17.4 Å². The van der Waals surface area contributed by atoms with Crippen molar-refractivity contribution in [3.63, 3.8) is 0 Å². The number of ether oxygens (including phenoxy) is 1. The molecule has 1 aliphatic rings. The lowest BCUT2D eigenvalue weighted by Crippen LogP contribution is -2.31. The van der Waals surface area contributed by atoms with Crippen LogP contribution in [-0.4, -0.2) is 23.9 Å². The topological polar surface area (TPSA) is 66.8 Å². The maximum absolute atomic E-state index is 12.8. The van der Waals surface area contributed by atoms with Gasteiger partial charge in [-0.3, -0.25) is 14.5 Å². The number of Topliss-reactive ketones (excluding diaryl/α,β-unsaturated/α-hetero) is 1. The molecule has 0 fully saturated rings. The number of carbonyl (C=O) groups is 2. The van der Waals surface area contributed by atoms with Crippen LogP contribution in [0.5, 0.6) is 5.75 Å². The van der Waals surface area contributed by atoms with Gasteiger partial charge in [-0.1, -0.05) is 42.8 Å². The summed E-state index contributed by atoms with van der Waals surface area (Å²) in [6.45, 7) is 3.66. The van der Waals surface area contributed by atoms with Gasteiger partial charge in [0.05, 0.1) is 18.7 Å². The summed E-state index contributed by atoms with van der Waals surface area (Å²) in [5.74, 6) is -0.714. The number of hydrogen-bond donors (Lipinski definition) is 1. The van der Waals surface area contributed by atoms with Crippen molar-refractivity contribution in [1.82, 2.24) is 0 Å². The van der Waals surface area contributed by atoms with Crippen molar-refractivity contribution in [3.8, 4) is 5.75 Å². The Labute approximate surface area is 152 Å². The summed E-state index contributed by atoms with van der Waals surface area (Å²) >= 11 is 0. The summed E-state index contributed by atoms with van der Waals surface area (Å²) in [7, 11) is 1.55. The third-order valence-electron chi connectivity index (χ3n) is 4.52. The van der Waals surface area contributed by atoms with Gasteiger partial charge in [0.2, 0.25) is 0 Å². The van der Waals surface area contributed by atoms with E-state index < -0.39 is 17.7 Å². The lowest BCUT2D eigenvalue weighted by atomic mass is 9.94. The van der Waals surface area contributed by atoms with Crippen LogP contribution >= 0.6 is 0 Å². The first kappa shape index (κ1) is 17.7. The van der Waals surface area contributed by atoms with Crippen molar-refractivity contribution in [2.24, 2.45) is 0 Å². The molecule has 0 radical (unpaired) electrons. The molecule has 2 aromatic carbocycles. The van der Waals surface area contributed by atoms with Gasteiger partial charge in [-0.15, -0.1) is 0 Å². The van der Waals surface area contributed by atoms with E-state index in [4.69, 9.17) is 4.74 Å². The molecule has 5 heteroatoms. The first-order valence-electron chi connectivity index (χ1n) is 8.48. The van der Waals surface area contributed by atoms with Gasteiger partial charge in [0.15, 0.2) is 11.5 Å². The largest absolute Gasteiger partial charge is 0.503 e. The monoisotopic (exact) mass is 351 g/mol. The minimum Gasteiger partial charge on any atom is -0.503 e. The van der Waals surface area contributed by atoms with Crippen molar-refractivity contribution in [2.75, 3.05) is 12.0 Å². The predicted molar refractivity (Wildman–Crippen MR) is 99.4 cm³/mol. The molecule has 0 saturated carbocycles. The summed E-state index contributed by atoms with van der Waals surface area (Å²) in [4.78, 5) is 26.8. The second kappa shape index (κ2) is 7.04. The number of amides is 1. The summed E-state index contributed by atoms with van der Waals surface area (Å²) in [5, 5.41) is 10.5. The molecule has 26 heavy (non-hydrogen) atoms. The molecule has 0 aromatic heterocycles. The number of aliphatic hydroxyl groups is 1. The molecule has 0 spiro atoms. The lowest BCUT2D eigenvalue weighted by Gasteiger charge is -2.27. The van der Waals surface area contributed by atoms with Crippen LogP contribution in [0.1, 0.15) is 30.5 Å². The van der Waals surface area contributed by atoms with E-state index in [1.165, 1.54) is 4.90 Å². The van der Waals surface area contributed by atoms with Gasteiger partial charge in [-0.05, 0) is 24.6 Å². The van der Waals surface area contributed by atoms with Crippen LogP contribution in [0, 0.1) is 6.92 Å². The molecule has 134 valence electrons. The summed E-state index contributed by atoms with van der Waals surface area (Å²) in [6, 6.07) is 14.0. The molecular weight excluding hydrogens is 330 g/mol. The average Bonchev–Trinajstić information content (AvgIpc) is 2.92. The second-order valence-electron chi connectivity index (χ2n) is 6.23. The molecule has 1 heterocycles. The normalized spacial score (nSPS) is 17.0. The molecule has 1 N–H and O–H groups in total. The van der Waals surface area contributed by atoms with Gasteiger partial charge in [-0.2, -0.15) is 0 Å². The number of benzene rings is 2. The van der Waals surface area contributed by atoms with E-state index in [0.29, 0.717) is 11.4 Å². The van der Waals surface area contributed by atoms with Crippen LogP contribution in [0.2, 0.25) is 0 Å². The Hall–Kier alpha value is -3.08. The van der Waals surface area contributed by atoms with Crippen LogP contribution in [0.4, 0.5) is 5.69 Å². The molecule has 0 saturated heterocycles. The fourth-order valence-corrected chi connectivity index (χ4v) is 3.26. The molecule has 0 aliphatic carbocycles. The van der Waals surface area contributed by atoms with Crippen LogP contribution in [0.3, 0.4) is 0 Å². The van der Waals surface area contributed by atoms with Crippen molar-refractivity contribution in [1.29, 1.82) is 0 Å². The van der Waals surface area contributed by atoms with Gasteiger partial charge >= 0.3 is 0 Å². The number of rotatable bonds is 5. The molecule has 5 nitrogen and oxygen atoms in total. The summed E-state index contributed by atoms with van der Waals surface area (Å²) in [6.07, 6.45) is 0.209. The molecule has 1 atom stereocenters. The molecular formula is C21H21NO4. The van der Waals surface area contributed by atoms with Crippen molar-refractivity contribution in [3.05, 3.63) is 71.0 Å². The number of nitrogens with zero attached hydrogens (tertiary/aromatic N) is 1. The van der Waals surface area contributed by atoms with E-state index in [1.807, 2.05) is 31.2 Å². The number of methoxy groups -OCH3 is 1. The lowest BCUT2D eigenvalue weighted by molar-refractivity contribution is -0.118. The fourth-order valence-electron chi connectivity index (χ4n) is 3.26. The highest BCUT2D eigenvalue weighted by atomic mass is 16.5. The Morgan fingerprint density at radius 3 is 2.58 bits per heavy atom. The Balaban J connectivity index is 2.19. The zero-order chi connectivity index (χ0) is 18.8. The highest BCUT2D eigenvalue weighted by Crippen LogP contribution is 2.42. The Morgan fingerprint density at radius 2 is 1.92 bits per heavy atom. The van der Waals surface area contributed by atoms with Crippen molar-refractivity contribution < 1.29 is 19.4 Å². The molecule has 1 aliphatic heterocycles. The van der Waals surface area contributed by atoms with E-state index >= 15 is 0 Å². The first-order chi connectivity index (χ1) is 12.5. The fraction of sp³-hybridized carbons (Fsp3) is 0.238. The number of aryl methyl sites for hydroxylation is 1. The molecule has 3 rings (SSSR count). The minimum atomic E-state index is -0.665. The van der Waals surface area contributed by atoms with E-state index in [9.17, 15) is 14.7 Å². The molecule has 2 aromatic rings. The average molecular weight is 351 g/mol. The maximum atomic E-state index is 12.8. The van der Waals surface area contributed by atoms with Gasteiger partial charge in [-0.25, -0.2) is 0 Å². The smallest absolute Gasteiger partial charge is 0.294 e. The Kier molecular flexibility index (Phi) is 4.80. The van der Waals surface area contributed by atoms with Gasteiger partial charge in [0.1, 0.15) is 5.75 Å². The first-order valence-corrected chi connectivity index (χ1v) is 8.48. The van der Waals surface area contributed by atoms with E-state index in [0.717, 1.165) is 11.1 Å². The minimum absolute atomic E-state index is 0.144. The standard InChI is InChI=1S/C21H21NO4/c1-4-17(23)18-19(14-8-5-7-13(2)11-14)22(21(25)20(18)24)15-9-6-10-16(12-15)26-3/h5-12,19,24H,4H2,1-3H3. The van der Waals surface area contributed by atoms with E-state index in [-0.39, 0.29) is 17.8 Å². The summed E-state index contributed by atoms with van der Waals surface area (Å²) in [5.41, 5.74) is 2.49. The zero-order valence-corrected chi connectivity index (χ0v) is 15.0. The van der Waals surface area contributed by atoms with Crippen LogP contribution in [0.25, 0.3) is 0 Å². The van der Waals surface area contributed by atoms with E-state index in [2.05, 4.69) is 0 Å². The van der Waals surface area contributed by atoms with Crippen molar-refractivity contribution in [2.45, 2.75) is 26.3 Å². The molecule has 1 unspecified atom stereocenters. The quantitative estimate of drug-likeness (QED) is 0.888. The molecule has 1 amide bonds. The number of hydrogen-bond acceptors (Lipinski definition) is 4. The van der Waals surface area contributed by atoms with Gasteiger partial charge < -0.3 is 9.84 Å². The van der Waals surface area contributed by atoms with Crippen LogP contribution < -0.4 is 9.64 Å². The number of anilines is 1.